The lowest BCUT2D eigenvalue weighted by Gasteiger charge is -2.22. The molecule has 1 aromatic heterocycles. The number of carbonyl (C=O) groups excluding carboxylic acids is 2. The quantitative estimate of drug-likeness (QED) is 0.525. The van der Waals surface area contributed by atoms with Crippen LogP contribution in [0.3, 0.4) is 0 Å². The first-order valence-corrected chi connectivity index (χ1v) is 11.2. The van der Waals surface area contributed by atoms with Crippen LogP contribution in [0.4, 0.5) is 15.8 Å². The maximum absolute atomic E-state index is 14.9. The molecule has 2 aliphatic heterocycles. The maximum atomic E-state index is 14.9. The van der Waals surface area contributed by atoms with Crippen molar-refractivity contribution in [3.8, 4) is 11.5 Å². The van der Waals surface area contributed by atoms with Crippen LogP contribution in [0.15, 0.2) is 47.4 Å². The third kappa shape index (κ3) is 4.67. The van der Waals surface area contributed by atoms with Gasteiger partial charge in [-0.25, -0.2) is 9.37 Å². The van der Waals surface area contributed by atoms with Gasteiger partial charge in [0.1, 0.15) is 17.7 Å². The number of hydrogen-bond acceptors (Lipinski definition) is 7. The summed E-state index contributed by atoms with van der Waals surface area (Å²) in [5.74, 6) is 0.733. The zero-order valence-corrected chi connectivity index (χ0v) is 19.0. The van der Waals surface area contributed by atoms with Crippen LogP contribution in [0, 0.1) is 0 Å². The van der Waals surface area contributed by atoms with Gasteiger partial charge in [0.2, 0.25) is 5.91 Å². The summed E-state index contributed by atoms with van der Waals surface area (Å²) in [7, 11) is 1.52. The molecule has 1 saturated heterocycles. The van der Waals surface area contributed by atoms with E-state index in [1.54, 1.807) is 41.3 Å². The molecule has 5 rings (SSSR count). The fraction of sp³-hybridized carbons (Fsp3) is 0.333. The lowest BCUT2D eigenvalue weighted by molar-refractivity contribution is -0.118. The Morgan fingerprint density at radius 2 is 2.11 bits per heavy atom. The smallest absolute Gasteiger partial charge is 0.269 e. The number of alkyl halides is 1. The van der Waals surface area contributed by atoms with Gasteiger partial charge >= 0.3 is 0 Å². The van der Waals surface area contributed by atoms with E-state index in [9.17, 15) is 18.8 Å². The number of anilines is 2. The Morgan fingerprint density at radius 1 is 1.26 bits per heavy atom. The van der Waals surface area contributed by atoms with Gasteiger partial charge in [0.25, 0.3) is 11.5 Å². The highest BCUT2D eigenvalue weighted by Gasteiger charge is 2.31. The minimum Gasteiger partial charge on any atom is -0.497 e. The number of hydrogen-bond donors (Lipinski definition) is 2. The Hall–Kier alpha value is -3.99. The van der Waals surface area contributed by atoms with Crippen LogP contribution >= 0.6 is 0 Å². The fourth-order valence-electron chi connectivity index (χ4n) is 4.35. The number of methoxy groups -OCH3 is 1. The number of nitrogens with one attached hydrogen (secondary N) is 2. The number of fused-ring (bicyclic) bond motifs is 2. The van der Waals surface area contributed by atoms with Crippen LogP contribution in [0.2, 0.25) is 0 Å². The summed E-state index contributed by atoms with van der Waals surface area (Å²) in [5.41, 5.74) is 1.79. The van der Waals surface area contributed by atoms with Crippen molar-refractivity contribution in [1.82, 2.24) is 14.9 Å². The molecule has 3 aromatic rings. The third-order valence-electron chi connectivity index (χ3n) is 6.09. The second kappa shape index (κ2) is 9.34. The molecule has 10 nitrogen and oxygen atoms in total. The van der Waals surface area contributed by atoms with E-state index in [2.05, 4.69) is 15.6 Å². The van der Waals surface area contributed by atoms with Gasteiger partial charge in [-0.2, -0.15) is 0 Å². The molecular formula is C24H24FN5O5. The molecule has 0 aliphatic carbocycles. The minimum atomic E-state index is -1.37. The molecule has 3 heterocycles. The first kappa shape index (κ1) is 22.8. The third-order valence-corrected chi connectivity index (χ3v) is 6.09. The second-order valence-corrected chi connectivity index (χ2v) is 8.49. The number of benzene rings is 2. The number of nitrogens with zero attached hydrogens (tertiary/aromatic N) is 3. The van der Waals surface area contributed by atoms with Crippen LogP contribution in [0.25, 0.3) is 11.0 Å². The maximum Gasteiger partial charge on any atom is 0.269 e. The molecule has 2 aliphatic rings. The van der Waals surface area contributed by atoms with Crippen molar-refractivity contribution in [1.29, 1.82) is 0 Å². The van der Waals surface area contributed by atoms with Gasteiger partial charge in [0.05, 0.1) is 36.6 Å². The SMILES string of the molecule is COc1ccc2ncc(=O)n(CC(F)CNC3CC(=O)N(c4ccc5c(c4)NC(=O)CO5)C3)c2c1. The van der Waals surface area contributed by atoms with Gasteiger partial charge < -0.3 is 29.6 Å². The number of amides is 2. The highest BCUT2D eigenvalue weighted by Crippen LogP contribution is 2.33. The van der Waals surface area contributed by atoms with E-state index in [4.69, 9.17) is 9.47 Å². The zero-order chi connectivity index (χ0) is 24.5. The Kier molecular flexibility index (Phi) is 6.08. The molecule has 2 amide bonds. The van der Waals surface area contributed by atoms with Gasteiger partial charge in [-0.05, 0) is 30.3 Å². The number of ether oxygens (including phenoxy) is 2. The molecule has 11 heteroatoms. The van der Waals surface area contributed by atoms with Crippen LogP contribution in [-0.2, 0) is 16.1 Å². The predicted molar refractivity (Wildman–Crippen MR) is 127 cm³/mol. The van der Waals surface area contributed by atoms with E-state index in [0.29, 0.717) is 40.5 Å². The van der Waals surface area contributed by atoms with Crippen molar-refractivity contribution in [2.75, 3.05) is 37.0 Å². The van der Waals surface area contributed by atoms with E-state index < -0.39 is 11.7 Å². The summed E-state index contributed by atoms with van der Waals surface area (Å²) in [5, 5.41) is 5.83. The van der Waals surface area contributed by atoms with Gasteiger partial charge in [0.15, 0.2) is 6.61 Å². The molecule has 0 bridgehead atoms. The summed E-state index contributed by atoms with van der Waals surface area (Å²) in [6, 6.07) is 10.0. The average Bonchev–Trinajstić information content (AvgIpc) is 3.24. The van der Waals surface area contributed by atoms with E-state index in [-0.39, 0.29) is 44.0 Å². The van der Waals surface area contributed by atoms with Crippen LogP contribution in [0.5, 0.6) is 11.5 Å². The summed E-state index contributed by atoms with van der Waals surface area (Å²) >= 11 is 0. The van der Waals surface area contributed by atoms with Crippen molar-refractivity contribution >= 4 is 34.2 Å². The first-order valence-electron chi connectivity index (χ1n) is 11.2. The fourth-order valence-corrected chi connectivity index (χ4v) is 4.35. The zero-order valence-electron chi connectivity index (χ0n) is 19.0. The minimum absolute atomic E-state index is 0.0277. The predicted octanol–water partition coefficient (Wildman–Crippen LogP) is 1.47. The highest BCUT2D eigenvalue weighted by atomic mass is 19.1. The summed E-state index contributed by atoms with van der Waals surface area (Å²) < 4.78 is 26.9. The van der Waals surface area contributed by atoms with Crippen molar-refractivity contribution < 1.29 is 23.5 Å². The van der Waals surface area contributed by atoms with Gasteiger partial charge in [-0.3, -0.25) is 14.4 Å². The largest absolute Gasteiger partial charge is 0.497 e. The normalized spacial score (nSPS) is 18.2. The van der Waals surface area contributed by atoms with E-state index >= 15 is 0 Å². The molecule has 2 N–H and O–H groups in total. The second-order valence-electron chi connectivity index (χ2n) is 8.49. The van der Waals surface area contributed by atoms with Gasteiger partial charge in [0, 0.05) is 37.3 Å². The lowest BCUT2D eigenvalue weighted by Crippen LogP contribution is -2.38. The number of halogens is 1. The van der Waals surface area contributed by atoms with E-state index in [1.165, 1.54) is 17.9 Å². The van der Waals surface area contributed by atoms with Crippen LogP contribution in [-0.4, -0.2) is 60.4 Å². The Labute approximate surface area is 199 Å². The number of rotatable bonds is 7. The van der Waals surface area contributed by atoms with Gasteiger partial charge in [-0.15, -0.1) is 0 Å². The average molecular weight is 481 g/mol. The number of carbonyl (C=O) groups is 2. The molecule has 2 unspecified atom stereocenters. The number of aromatic nitrogens is 2. The molecule has 0 radical (unpaired) electrons. The van der Waals surface area contributed by atoms with E-state index in [1.807, 2.05) is 0 Å². The first-order chi connectivity index (χ1) is 16.9. The topological polar surface area (TPSA) is 115 Å². The Bertz CT molecular complexity index is 1360. The standard InChI is InChI=1S/C24H24FN5O5/c1-34-17-3-4-18-20(8-17)30(24(33)10-27-18)11-14(25)9-26-15-6-23(32)29(12-15)16-2-5-21-19(7-16)28-22(31)13-35-21/h2-5,7-8,10,14-15,26H,6,9,11-13H2,1H3,(H,28,31). The molecular weight excluding hydrogens is 457 g/mol. The van der Waals surface area contributed by atoms with Gasteiger partial charge in [-0.1, -0.05) is 0 Å². The molecule has 2 atom stereocenters. The molecule has 0 saturated carbocycles. The van der Waals surface area contributed by atoms with Crippen LogP contribution < -0.4 is 30.6 Å². The van der Waals surface area contributed by atoms with Crippen molar-refractivity contribution in [3.05, 3.63) is 52.9 Å². The molecule has 1 fully saturated rings. The molecule has 182 valence electrons. The summed E-state index contributed by atoms with van der Waals surface area (Å²) in [4.78, 5) is 42.3. The highest BCUT2D eigenvalue weighted by molar-refractivity contribution is 5.99. The summed E-state index contributed by atoms with van der Waals surface area (Å²) in [6.07, 6.45) is 0.0148. The lowest BCUT2D eigenvalue weighted by atomic mass is 10.2. The van der Waals surface area contributed by atoms with E-state index in [0.717, 1.165) is 0 Å². The van der Waals surface area contributed by atoms with Crippen LogP contribution in [0.1, 0.15) is 6.42 Å². The Balaban J connectivity index is 1.23. The van der Waals surface area contributed by atoms with Crippen molar-refractivity contribution in [2.24, 2.45) is 0 Å². The van der Waals surface area contributed by atoms with Crippen molar-refractivity contribution in [3.63, 3.8) is 0 Å². The monoisotopic (exact) mass is 481 g/mol. The van der Waals surface area contributed by atoms with Crippen molar-refractivity contribution in [2.45, 2.75) is 25.2 Å². The molecule has 2 aromatic carbocycles. The Morgan fingerprint density at radius 3 is 2.94 bits per heavy atom. The summed E-state index contributed by atoms with van der Waals surface area (Å²) in [6.45, 7) is 0.127. The molecule has 35 heavy (non-hydrogen) atoms. The molecule has 0 spiro atoms.